The lowest BCUT2D eigenvalue weighted by atomic mass is 10.1. The molecule has 0 saturated heterocycles. The summed E-state index contributed by atoms with van der Waals surface area (Å²) in [5.41, 5.74) is 0.319. The number of nitrogens with zero attached hydrogens (tertiary/aromatic N) is 1. The average Bonchev–Trinajstić information content (AvgIpc) is 2.85. The zero-order valence-electron chi connectivity index (χ0n) is 19.0. The molecule has 4 aromatic carbocycles. The molecule has 0 heterocycles. The van der Waals surface area contributed by atoms with Crippen molar-refractivity contribution in [1.82, 2.24) is 0 Å². The number of benzene rings is 4. The van der Waals surface area contributed by atoms with Gasteiger partial charge in [-0.3, -0.25) is 9.10 Å². The van der Waals surface area contributed by atoms with E-state index in [2.05, 4.69) is 5.32 Å². The Hall–Kier alpha value is -3.31. The van der Waals surface area contributed by atoms with Gasteiger partial charge >= 0.3 is 5.97 Å². The van der Waals surface area contributed by atoms with Crippen LogP contribution >= 0.6 is 23.2 Å². The Morgan fingerprint density at radius 2 is 1.43 bits per heavy atom. The van der Waals surface area contributed by atoms with Crippen molar-refractivity contribution < 1.29 is 26.7 Å². The van der Waals surface area contributed by atoms with Gasteiger partial charge in [0.1, 0.15) is 12.4 Å². The van der Waals surface area contributed by atoms with E-state index in [0.29, 0.717) is 10.8 Å². The van der Waals surface area contributed by atoms with Crippen LogP contribution in [0.3, 0.4) is 0 Å². The lowest BCUT2D eigenvalue weighted by Crippen LogP contribution is -2.36. The number of anilines is 2. The third-order valence-electron chi connectivity index (χ3n) is 5.38. The van der Waals surface area contributed by atoms with E-state index in [4.69, 9.17) is 23.2 Å². The maximum Gasteiger partial charge on any atom is 0.324 e. The summed E-state index contributed by atoms with van der Waals surface area (Å²) in [4.78, 5) is 11.6. The van der Waals surface area contributed by atoms with Gasteiger partial charge in [0.25, 0.3) is 10.0 Å². The van der Waals surface area contributed by atoms with Gasteiger partial charge in [-0.15, -0.1) is 0 Å². The number of rotatable bonds is 9. The predicted octanol–water partition coefficient (Wildman–Crippen LogP) is 5.27. The zero-order chi connectivity index (χ0) is 26.8. The van der Waals surface area contributed by atoms with Crippen molar-refractivity contribution in [2.24, 2.45) is 0 Å². The molecule has 0 amide bonds. The molecule has 4 aromatic rings. The van der Waals surface area contributed by atoms with Crippen LogP contribution < -0.4 is 9.62 Å². The van der Waals surface area contributed by atoms with E-state index in [9.17, 15) is 26.7 Å². The molecule has 192 valence electrons. The van der Waals surface area contributed by atoms with Crippen LogP contribution in [-0.4, -0.2) is 40.3 Å². The van der Waals surface area contributed by atoms with E-state index in [-0.39, 0.29) is 31.2 Å². The summed E-state index contributed by atoms with van der Waals surface area (Å²) in [6.07, 6.45) is 0. The number of sulfonamides is 1. The highest BCUT2D eigenvalue weighted by atomic mass is 35.5. The minimum Gasteiger partial charge on any atom is -0.480 e. The Bertz CT molecular complexity index is 1680. The maximum atomic E-state index is 13.7. The molecule has 0 aliphatic carbocycles. The predicted molar refractivity (Wildman–Crippen MR) is 145 cm³/mol. The SMILES string of the molecule is O=C(O)CN(c1cc(NCS(=O)(=O)c2ccccc2)cc2ccccc12)S(=O)(=O)c1cc(Cl)cc(Cl)c1. The number of fused-ring (bicyclic) bond motifs is 1. The Morgan fingerprint density at radius 1 is 0.811 bits per heavy atom. The summed E-state index contributed by atoms with van der Waals surface area (Å²) in [5.74, 6) is -1.87. The standard InChI is InChI=1S/C25H20Cl2N2O6S2/c26-18-11-19(27)13-22(12-18)37(34,35)29(15-25(30)31)24-14-20(10-17-6-4-5-9-23(17)24)28-16-36(32,33)21-7-2-1-3-8-21/h1-14,28H,15-16H2,(H,30,31). The fraction of sp³-hybridized carbons (Fsp3) is 0.0800. The van der Waals surface area contributed by atoms with Crippen molar-refractivity contribution >= 4 is 71.2 Å². The van der Waals surface area contributed by atoms with Crippen LogP contribution in [0.15, 0.2) is 94.7 Å². The number of halogens is 2. The first-order valence-electron chi connectivity index (χ1n) is 10.7. The van der Waals surface area contributed by atoms with Crippen molar-refractivity contribution in [2.75, 3.05) is 22.0 Å². The van der Waals surface area contributed by atoms with Crippen molar-refractivity contribution in [3.8, 4) is 0 Å². The van der Waals surface area contributed by atoms with Gasteiger partial charge in [-0.25, -0.2) is 16.8 Å². The number of carbonyl (C=O) groups is 1. The first-order chi connectivity index (χ1) is 17.5. The summed E-state index contributed by atoms with van der Waals surface area (Å²) in [6, 6.07) is 21.4. The number of aliphatic carboxylic acids is 1. The smallest absolute Gasteiger partial charge is 0.324 e. The van der Waals surface area contributed by atoms with Crippen LogP contribution in [0.5, 0.6) is 0 Å². The van der Waals surface area contributed by atoms with E-state index >= 15 is 0 Å². The third kappa shape index (κ3) is 5.99. The summed E-state index contributed by atoms with van der Waals surface area (Å²) < 4.78 is 53.6. The lowest BCUT2D eigenvalue weighted by Gasteiger charge is -2.25. The van der Waals surface area contributed by atoms with Crippen molar-refractivity contribution in [1.29, 1.82) is 0 Å². The monoisotopic (exact) mass is 578 g/mol. The molecule has 0 saturated carbocycles. The Labute approximate surface area is 224 Å². The quantitative estimate of drug-likeness (QED) is 0.277. The Kier molecular flexibility index (Phi) is 7.65. The molecule has 4 rings (SSSR count). The average molecular weight is 579 g/mol. The number of nitrogens with one attached hydrogen (secondary N) is 1. The van der Waals surface area contributed by atoms with Gasteiger partial charge in [0.15, 0.2) is 9.84 Å². The number of carboxylic acids is 1. The minimum atomic E-state index is -4.45. The van der Waals surface area contributed by atoms with Crippen LogP contribution in [0.1, 0.15) is 0 Å². The second-order valence-corrected chi connectivity index (χ2v) is 12.7. The van der Waals surface area contributed by atoms with Gasteiger partial charge in [-0.05, 0) is 47.9 Å². The molecule has 0 aliphatic rings. The van der Waals surface area contributed by atoms with Gasteiger partial charge in [0.05, 0.1) is 15.5 Å². The second kappa shape index (κ2) is 10.6. The van der Waals surface area contributed by atoms with Crippen molar-refractivity contribution in [3.63, 3.8) is 0 Å². The highest BCUT2D eigenvalue weighted by Crippen LogP contribution is 2.35. The maximum absolute atomic E-state index is 13.7. The number of hydrogen-bond donors (Lipinski definition) is 2. The fourth-order valence-electron chi connectivity index (χ4n) is 3.72. The fourth-order valence-corrected chi connectivity index (χ4v) is 6.96. The van der Waals surface area contributed by atoms with Gasteiger partial charge < -0.3 is 10.4 Å². The van der Waals surface area contributed by atoms with E-state index in [1.807, 2.05) is 0 Å². The summed E-state index contributed by atoms with van der Waals surface area (Å²) in [7, 11) is -8.16. The molecular weight excluding hydrogens is 559 g/mol. The minimum absolute atomic E-state index is 0.0382. The topological polar surface area (TPSA) is 121 Å². The van der Waals surface area contributed by atoms with Gasteiger partial charge in [-0.2, -0.15) is 0 Å². The number of carboxylic acid groups (broad SMARTS) is 1. The van der Waals surface area contributed by atoms with Crippen LogP contribution in [0.4, 0.5) is 11.4 Å². The van der Waals surface area contributed by atoms with Crippen LogP contribution in [0.25, 0.3) is 10.8 Å². The molecule has 37 heavy (non-hydrogen) atoms. The van der Waals surface area contributed by atoms with Crippen LogP contribution in [0, 0.1) is 0 Å². The molecule has 0 unspecified atom stereocenters. The molecule has 0 spiro atoms. The van der Waals surface area contributed by atoms with E-state index < -0.39 is 38.3 Å². The first-order valence-corrected chi connectivity index (χ1v) is 14.6. The molecule has 2 N–H and O–H groups in total. The number of sulfone groups is 1. The van der Waals surface area contributed by atoms with Crippen molar-refractivity contribution in [3.05, 3.63) is 95.0 Å². The normalized spacial score (nSPS) is 11.8. The lowest BCUT2D eigenvalue weighted by molar-refractivity contribution is -0.135. The van der Waals surface area contributed by atoms with E-state index in [1.54, 1.807) is 48.5 Å². The van der Waals surface area contributed by atoms with Gasteiger partial charge in [0, 0.05) is 21.1 Å². The van der Waals surface area contributed by atoms with Crippen LogP contribution in [0.2, 0.25) is 10.0 Å². The zero-order valence-corrected chi connectivity index (χ0v) is 22.2. The molecule has 0 aliphatic heterocycles. The molecule has 12 heteroatoms. The largest absolute Gasteiger partial charge is 0.480 e. The van der Waals surface area contributed by atoms with Crippen LogP contribution in [-0.2, 0) is 24.7 Å². The van der Waals surface area contributed by atoms with E-state index in [1.165, 1.54) is 36.4 Å². The molecule has 0 fully saturated rings. The van der Waals surface area contributed by atoms with E-state index in [0.717, 1.165) is 4.31 Å². The summed E-state index contributed by atoms with van der Waals surface area (Å²) in [5, 5.41) is 13.6. The molecule has 0 atom stereocenters. The second-order valence-electron chi connectivity index (χ2n) is 7.98. The van der Waals surface area contributed by atoms with Gasteiger partial charge in [-0.1, -0.05) is 65.7 Å². The highest BCUT2D eigenvalue weighted by Gasteiger charge is 2.29. The molecule has 0 bridgehead atoms. The molecular formula is C25H20Cl2N2O6S2. The summed E-state index contributed by atoms with van der Waals surface area (Å²) in [6.45, 7) is -0.901. The molecule has 0 radical (unpaired) electrons. The Balaban J connectivity index is 1.83. The third-order valence-corrected chi connectivity index (χ3v) is 9.07. The van der Waals surface area contributed by atoms with Crippen molar-refractivity contribution in [2.45, 2.75) is 9.79 Å². The molecule has 0 aromatic heterocycles. The highest BCUT2D eigenvalue weighted by molar-refractivity contribution is 7.93. The first kappa shape index (κ1) is 26.7. The molecule has 8 nitrogen and oxygen atoms in total. The number of hydrogen-bond acceptors (Lipinski definition) is 6. The Morgan fingerprint density at radius 3 is 2.08 bits per heavy atom. The summed E-state index contributed by atoms with van der Waals surface area (Å²) >= 11 is 12.0. The van der Waals surface area contributed by atoms with Gasteiger partial charge in [0.2, 0.25) is 0 Å².